The van der Waals surface area contributed by atoms with E-state index in [-0.39, 0.29) is 0 Å². The summed E-state index contributed by atoms with van der Waals surface area (Å²) in [5.74, 6) is 1.51. The first-order valence-corrected chi connectivity index (χ1v) is 8.41. The molecule has 0 saturated heterocycles. The maximum absolute atomic E-state index is 6.20. The zero-order chi connectivity index (χ0) is 14.5. The Morgan fingerprint density at radius 3 is 2.65 bits per heavy atom. The first-order valence-electron chi connectivity index (χ1n) is 6.01. The molecule has 0 bridgehead atoms. The van der Waals surface area contributed by atoms with Gasteiger partial charge in [-0.3, -0.25) is 0 Å². The second-order valence-corrected chi connectivity index (χ2v) is 6.00. The van der Waals surface area contributed by atoms with Gasteiger partial charge in [0.15, 0.2) is 5.16 Å². The third kappa shape index (κ3) is 4.01. The summed E-state index contributed by atoms with van der Waals surface area (Å²) in [6.07, 6.45) is 1.95. The van der Waals surface area contributed by atoms with Gasteiger partial charge in [0.05, 0.1) is 10.7 Å². The number of nitrogens with zero attached hydrogens (tertiary/aromatic N) is 2. The van der Waals surface area contributed by atoms with Crippen LogP contribution in [0.3, 0.4) is 0 Å². The zero-order valence-electron chi connectivity index (χ0n) is 11.1. The van der Waals surface area contributed by atoms with E-state index in [2.05, 4.69) is 36.5 Å². The molecule has 7 heteroatoms. The van der Waals surface area contributed by atoms with Crippen molar-refractivity contribution in [2.24, 2.45) is 0 Å². The lowest BCUT2D eigenvalue weighted by Gasteiger charge is -2.11. The van der Waals surface area contributed by atoms with E-state index in [1.165, 1.54) is 11.8 Å². The summed E-state index contributed by atoms with van der Waals surface area (Å²) >= 11 is 11.1. The molecule has 0 amide bonds. The molecule has 0 spiro atoms. The van der Waals surface area contributed by atoms with Gasteiger partial charge in [0.25, 0.3) is 0 Å². The molecule has 1 aromatic carbocycles. The Morgan fingerprint density at radius 1 is 1.25 bits per heavy atom. The van der Waals surface area contributed by atoms with Crippen molar-refractivity contribution in [2.45, 2.75) is 12.1 Å². The van der Waals surface area contributed by atoms with E-state index in [1.54, 1.807) is 0 Å². The van der Waals surface area contributed by atoms with Crippen LogP contribution >= 0.6 is 39.3 Å². The van der Waals surface area contributed by atoms with E-state index in [4.69, 9.17) is 11.6 Å². The molecule has 0 aliphatic rings. The lowest BCUT2D eigenvalue weighted by Crippen LogP contribution is -2.03. The molecule has 0 aliphatic heterocycles. The van der Waals surface area contributed by atoms with Gasteiger partial charge in [0, 0.05) is 17.1 Å². The molecule has 0 radical (unpaired) electrons. The molecule has 0 unspecified atom stereocenters. The largest absolute Gasteiger partial charge is 0.370 e. The highest BCUT2D eigenvalue weighted by molar-refractivity contribution is 9.10. The summed E-state index contributed by atoms with van der Waals surface area (Å²) in [6, 6.07) is 7.53. The Balaban J connectivity index is 2.29. The Labute approximate surface area is 135 Å². The number of nitrogens with one attached hydrogen (secondary N) is 2. The first-order chi connectivity index (χ1) is 9.62. The van der Waals surface area contributed by atoms with Crippen LogP contribution in [0, 0.1) is 0 Å². The molecule has 0 aliphatic carbocycles. The number of aromatic nitrogens is 2. The van der Waals surface area contributed by atoms with Crippen LogP contribution in [0.1, 0.15) is 6.92 Å². The summed E-state index contributed by atoms with van der Waals surface area (Å²) in [4.78, 5) is 8.80. The molecule has 2 N–H and O–H groups in total. The standard InChI is InChI=1S/C13H14BrClN4S/c1-3-16-11-7-12(19-13(18-11)20-2)17-10-5-4-8(14)6-9(10)15/h4-7H,3H2,1-2H3,(H2,16,17,18,19). The molecular weight excluding hydrogens is 360 g/mol. The highest BCUT2D eigenvalue weighted by atomic mass is 79.9. The molecule has 20 heavy (non-hydrogen) atoms. The van der Waals surface area contributed by atoms with Gasteiger partial charge in [-0.1, -0.05) is 39.3 Å². The predicted molar refractivity (Wildman–Crippen MR) is 90.4 cm³/mol. The van der Waals surface area contributed by atoms with Crippen LogP contribution in [0.2, 0.25) is 5.02 Å². The van der Waals surface area contributed by atoms with Crippen LogP contribution in [-0.4, -0.2) is 22.8 Å². The van der Waals surface area contributed by atoms with Gasteiger partial charge in [0.1, 0.15) is 11.6 Å². The van der Waals surface area contributed by atoms with E-state index in [0.29, 0.717) is 16.0 Å². The van der Waals surface area contributed by atoms with Crippen LogP contribution in [0.25, 0.3) is 0 Å². The van der Waals surface area contributed by atoms with Gasteiger partial charge in [-0.25, -0.2) is 9.97 Å². The number of anilines is 3. The Kier molecular flexibility index (Phi) is 5.51. The van der Waals surface area contributed by atoms with Crippen LogP contribution in [0.4, 0.5) is 17.3 Å². The quantitative estimate of drug-likeness (QED) is 0.583. The average Bonchev–Trinajstić information content (AvgIpc) is 2.42. The molecule has 1 aromatic heterocycles. The monoisotopic (exact) mass is 372 g/mol. The van der Waals surface area contributed by atoms with Gasteiger partial charge < -0.3 is 10.6 Å². The maximum atomic E-state index is 6.20. The van der Waals surface area contributed by atoms with Crippen molar-refractivity contribution in [3.63, 3.8) is 0 Å². The number of thioether (sulfide) groups is 1. The van der Waals surface area contributed by atoms with E-state index >= 15 is 0 Å². The molecule has 4 nitrogen and oxygen atoms in total. The van der Waals surface area contributed by atoms with Crippen molar-refractivity contribution in [3.8, 4) is 0 Å². The normalized spacial score (nSPS) is 10.4. The van der Waals surface area contributed by atoms with Gasteiger partial charge in [-0.15, -0.1) is 0 Å². The number of hydrogen-bond acceptors (Lipinski definition) is 5. The second kappa shape index (κ2) is 7.15. The number of rotatable bonds is 5. The average molecular weight is 374 g/mol. The Hall–Kier alpha value is -0.980. The lowest BCUT2D eigenvalue weighted by atomic mass is 10.3. The topological polar surface area (TPSA) is 49.8 Å². The van der Waals surface area contributed by atoms with Crippen LogP contribution in [0.15, 0.2) is 33.9 Å². The van der Waals surface area contributed by atoms with E-state index in [0.717, 1.165) is 22.5 Å². The zero-order valence-corrected chi connectivity index (χ0v) is 14.2. The molecule has 0 fully saturated rings. The van der Waals surface area contributed by atoms with Crippen LogP contribution < -0.4 is 10.6 Å². The summed E-state index contributed by atoms with van der Waals surface area (Å²) < 4.78 is 0.939. The van der Waals surface area contributed by atoms with Gasteiger partial charge in [-0.2, -0.15) is 0 Å². The highest BCUT2D eigenvalue weighted by Gasteiger charge is 2.06. The van der Waals surface area contributed by atoms with Crippen molar-refractivity contribution >= 4 is 56.6 Å². The van der Waals surface area contributed by atoms with Gasteiger partial charge >= 0.3 is 0 Å². The fraction of sp³-hybridized carbons (Fsp3) is 0.231. The molecule has 2 aromatic rings. The summed E-state index contributed by atoms with van der Waals surface area (Å²) in [5.41, 5.74) is 0.808. The highest BCUT2D eigenvalue weighted by Crippen LogP contribution is 2.29. The minimum Gasteiger partial charge on any atom is -0.370 e. The van der Waals surface area contributed by atoms with Crippen molar-refractivity contribution in [1.82, 2.24) is 9.97 Å². The molecule has 2 rings (SSSR count). The first kappa shape index (κ1) is 15.4. The summed E-state index contributed by atoms with van der Waals surface area (Å²) in [6.45, 7) is 2.84. The summed E-state index contributed by atoms with van der Waals surface area (Å²) in [7, 11) is 0. The minimum atomic E-state index is 0.633. The summed E-state index contributed by atoms with van der Waals surface area (Å²) in [5, 5.41) is 7.74. The molecule has 0 atom stereocenters. The maximum Gasteiger partial charge on any atom is 0.191 e. The Bertz CT molecular complexity index is 609. The smallest absolute Gasteiger partial charge is 0.191 e. The van der Waals surface area contributed by atoms with Gasteiger partial charge in [-0.05, 0) is 31.4 Å². The molecular formula is C13H14BrClN4S. The third-order valence-corrected chi connectivity index (χ3v) is 3.79. The van der Waals surface area contributed by atoms with E-state index < -0.39 is 0 Å². The van der Waals surface area contributed by atoms with E-state index in [1.807, 2.05) is 37.4 Å². The van der Waals surface area contributed by atoms with Crippen molar-refractivity contribution in [2.75, 3.05) is 23.4 Å². The SMILES string of the molecule is CCNc1cc(Nc2ccc(Br)cc2Cl)nc(SC)n1. The van der Waals surface area contributed by atoms with Crippen molar-refractivity contribution in [1.29, 1.82) is 0 Å². The van der Waals surface area contributed by atoms with Crippen molar-refractivity contribution < 1.29 is 0 Å². The van der Waals surface area contributed by atoms with Gasteiger partial charge in [0.2, 0.25) is 0 Å². The van der Waals surface area contributed by atoms with Crippen LogP contribution in [-0.2, 0) is 0 Å². The predicted octanol–water partition coefficient (Wildman–Crippen LogP) is 4.79. The number of benzene rings is 1. The van der Waals surface area contributed by atoms with Crippen LogP contribution in [0.5, 0.6) is 0 Å². The van der Waals surface area contributed by atoms with Crippen molar-refractivity contribution in [3.05, 3.63) is 33.8 Å². The van der Waals surface area contributed by atoms with E-state index in [9.17, 15) is 0 Å². The molecule has 0 saturated carbocycles. The molecule has 106 valence electrons. The fourth-order valence-corrected chi connectivity index (χ4v) is 2.68. The number of halogens is 2. The number of hydrogen-bond donors (Lipinski definition) is 2. The Morgan fingerprint density at radius 2 is 2.00 bits per heavy atom. The lowest BCUT2D eigenvalue weighted by molar-refractivity contribution is 0.967. The molecule has 1 heterocycles. The minimum absolute atomic E-state index is 0.633. The third-order valence-electron chi connectivity index (χ3n) is 2.44. The second-order valence-electron chi connectivity index (χ2n) is 3.90. The fourth-order valence-electron chi connectivity index (χ4n) is 1.58.